The van der Waals surface area contributed by atoms with Crippen molar-refractivity contribution in [2.45, 2.75) is 18.6 Å². The second kappa shape index (κ2) is 6.07. The molecular formula is C11H17N5O2S. The minimum absolute atomic E-state index is 0.00391. The van der Waals surface area contributed by atoms with Crippen molar-refractivity contribution in [2.75, 3.05) is 29.2 Å². The quantitative estimate of drug-likeness (QED) is 0.492. The Balaban J connectivity index is 2.27. The summed E-state index contributed by atoms with van der Waals surface area (Å²) in [6, 6.07) is 2.84. The second-order valence-electron chi connectivity index (χ2n) is 4.32. The number of nitrogens with two attached hydrogens (primary N) is 1. The molecule has 0 spiro atoms. The maximum absolute atomic E-state index is 10.9. The Kier molecular flexibility index (Phi) is 4.43. The second-order valence-corrected chi connectivity index (χ2v) is 5.73. The number of nitrogens with one attached hydrogen (secondary N) is 1. The number of pyridine rings is 1. The van der Waals surface area contributed by atoms with E-state index in [1.54, 1.807) is 0 Å². The zero-order valence-corrected chi connectivity index (χ0v) is 11.5. The molecule has 1 fully saturated rings. The molecule has 0 aliphatic carbocycles. The molecule has 1 unspecified atom stereocenters. The molecule has 1 aromatic heterocycles. The van der Waals surface area contributed by atoms with Gasteiger partial charge in [-0.25, -0.2) is 10.8 Å². The number of anilines is 2. The van der Waals surface area contributed by atoms with Crippen molar-refractivity contribution < 1.29 is 4.92 Å². The molecule has 8 heteroatoms. The van der Waals surface area contributed by atoms with Crippen LogP contribution in [0.1, 0.15) is 13.3 Å². The van der Waals surface area contributed by atoms with Gasteiger partial charge in [0.05, 0.1) is 17.1 Å². The van der Waals surface area contributed by atoms with E-state index >= 15 is 0 Å². The predicted octanol–water partition coefficient (Wildman–Crippen LogP) is 1.61. The van der Waals surface area contributed by atoms with Crippen molar-refractivity contribution in [3.05, 3.63) is 22.2 Å². The summed E-state index contributed by atoms with van der Waals surface area (Å²) in [4.78, 5) is 16.9. The maximum Gasteiger partial charge on any atom is 0.276 e. The van der Waals surface area contributed by atoms with Gasteiger partial charge in [0, 0.05) is 24.1 Å². The fraction of sp³-hybridized carbons (Fsp3) is 0.545. The van der Waals surface area contributed by atoms with Crippen molar-refractivity contribution in [3.63, 3.8) is 0 Å². The lowest BCUT2D eigenvalue weighted by atomic mass is 10.2. The molecule has 0 saturated carbocycles. The van der Waals surface area contributed by atoms with Gasteiger partial charge in [-0.15, -0.1) is 0 Å². The van der Waals surface area contributed by atoms with Crippen LogP contribution >= 0.6 is 11.8 Å². The van der Waals surface area contributed by atoms with Crippen LogP contribution in [-0.2, 0) is 0 Å². The molecule has 1 aliphatic rings. The van der Waals surface area contributed by atoms with Gasteiger partial charge >= 0.3 is 0 Å². The Labute approximate surface area is 115 Å². The molecule has 0 radical (unpaired) electrons. The molecule has 0 amide bonds. The van der Waals surface area contributed by atoms with E-state index in [2.05, 4.69) is 22.2 Å². The van der Waals surface area contributed by atoms with E-state index in [1.807, 2.05) is 11.8 Å². The summed E-state index contributed by atoms with van der Waals surface area (Å²) < 4.78 is 0. The Morgan fingerprint density at radius 3 is 3.11 bits per heavy atom. The Morgan fingerprint density at radius 2 is 2.47 bits per heavy atom. The van der Waals surface area contributed by atoms with Crippen LogP contribution in [0.15, 0.2) is 12.1 Å². The molecule has 3 N–H and O–H groups in total. The lowest BCUT2D eigenvalue weighted by Crippen LogP contribution is -2.38. The van der Waals surface area contributed by atoms with E-state index < -0.39 is 4.92 Å². The fourth-order valence-electron chi connectivity index (χ4n) is 2.02. The summed E-state index contributed by atoms with van der Waals surface area (Å²) in [5.41, 5.74) is 2.38. The van der Waals surface area contributed by atoms with Crippen molar-refractivity contribution in [1.29, 1.82) is 0 Å². The molecule has 19 heavy (non-hydrogen) atoms. The van der Waals surface area contributed by atoms with E-state index in [1.165, 1.54) is 12.1 Å². The van der Waals surface area contributed by atoms with Gasteiger partial charge in [-0.05, 0) is 6.42 Å². The maximum atomic E-state index is 10.9. The lowest BCUT2D eigenvalue weighted by Gasteiger charge is -2.32. The van der Waals surface area contributed by atoms with Gasteiger partial charge in [-0.1, -0.05) is 6.92 Å². The number of hydrogen-bond acceptors (Lipinski definition) is 7. The molecule has 104 valence electrons. The number of nitrogens with zero attached hydrogens (tertiary/aromatic N) is 3. The topological polar surface area (TPSA) is 97.3 Å². The van der Waals surface area contributed by atoms with Gasteiger partial charge in [-0.2, -0.15) is 11.8 Å². The zero-order valence-electron chi connectivity index (χ0n) is 10.7. The number of hydrazine groups is 1. The molecule has 0 bridgehead atoms. The van der Waals surface area contributed by atoms with E-state index in [0.29, 0.717) is 16.9 Å². The smallest absolute Gasteiger partial charge is 0.276 e. The standard InChI is InChI=1S/C11H17N5O2S/c1-2-9-7-15(3-4-19-9)11-6-8(16(17)18)5-10(13-11)14-12/h5-6,9H,2-4,7,12H2,1H3,(H,13,14). The van der Waals surface area contributed by atoms with E-state index in [9.17, 15) is 10.1 Å². The minimum atomic E-state index is -0.429. The van der Waals surface area contributed by atoms with Crippen LogP contribution < -0.4 is 16.2 Å². The predicted molar refractivity (Wildman–Crippen MR) is 77.5 cm³/mol. The highest BCUT2D eigenvalue weighted by atomic mass is 32.2. The van der Waals surface area contributed by atoms with Gasteiger partial charge in [-0.3, -0.25) is 10.1 Å². The third-order valence-corrected chi connectivity index (χ3v) is 4.45. The van der Waals surface area contributed by atoms with Gasteiger partial charge in [0.2, 0.25) is 0 Å². The first-order valence-corrected chi connectivity index (χ1v) is 7.18. The number of nitro groups is 1. The Hall–Kier alpha value is -1.54. The summed E-state index contributed by atoms with van der Waals surface area (Å²) in [7, 11) is 0. The molecule has 1 aromatic rings. The van der Waals surface area contributed by atoms with Gasteiger partial charge in [0.15, 0.2) is 0 Å². The van der Waals surface area contributed by atoms with Crippen molar-refractivity contribution in [1.82, 2.24) is 4.98 Å². The van der Waals surface area contributed by atoms with Crippen LogP contribution in [0.4, 0.5) is 17.3 Å². The van der Waals surface area contributed by atoms with E-state index in [0.717, 1.165) is 25.3 Å². The van der Waals surface area contributed by atoms with E-state index in [-0.39, 0.29) is 5.69 Å². The average molecular weight is 283 g/mol. The van der Waals surface area contributed by atoms with Crippen LogP contribution in [-0.4, -0.2) is 34.0 Å². The molecule has 1 saturated heterocycles. The van der Waals surface area contributed by atoms with Crippen LogP contribution in [0.5, 0.6) is 0 Å². The third kappa shape index (κ3) is 3.27. The highest BCUT2D eigenvalue weighted by molar-refractivity contribution is 8.00. The molecule has 1 aliphatic heterocycles. The van der Waals surface area contributed by atoms with Gasteiger partial charge in [0.1, 0.15) is 11.6 Å². The molecular weight excluding hydrogens is 266 g/mol. The highest BCUT2D eigenvalue weighted by Crippen LogP contribution is 2.28. The number of hydrogen-bond donors (Lipinski definition) is 2. The molecule has 1 atom stereocenters. The fourth-order valence-corrected chi connectivity index (χ4v) is 3.20. The number of thioether (sulfide) groups is 1. The van der Waals surface area contributed by atoms with Crippen molar-refractivity contribution in [3.8, 4) is 0 Å². The number of rotatable bonds is 4. The number of nitrogen functional groups attached to an aromatic ring is 1. The molecule has 7 nitrogen and oxygen atoms in total. The largest absolute Gasteiger partial charge is 0.354 e. The summed E-state index contributed by atoms with van der Waals surface area (Å²) in [5.74, 6) is 7.25. The monoisotopic (exact) mass is 283 g/mol. The Morgan fingerprint density at radius 1 is 1.68 bits per heavy atom. The van der Waals surface area contributed by atoms with Crippen molar-refractivity contribution in [2.24, 2.45) is 5.84 Å². The minimum Gasteiger partial charge on any atom is -0.354 e. The SMILES string of the molecule is CCC1CN(c2cc([N+](=O)[O-])cc(NN)n2)CCS1. The first kappa shape index (κ1) is 13.9. The molecule has 2 rings (SSSR count). The van der Waals surface area contributed by atoms with Crippen LogP contribution in [0.25, 0.3) is 0 Å². The summed E-state index contributed by atoms with van der Waals surface area (Å²) in [6.45, 7) is 3.85. The van der Waals surface area contributed by atoms with Gasteiger partial charge < -0.3 is 10.3 Å². The van der Waals surface area contributed by atoms with Gasteiger partial charge in [0.25, 0.3) is 5.69 Å². The summed E-state index contributed by atoms with van der Waals surface area (Å²) >= 11 is 1.94. The summed E-state index contributed by atoms with van der Waals surface area (Å²) in [6.07, 6.45) is 1.08. The van der Waals surface area contributed by atoms with Crippen LogP contribution in [0, 0.1) is 10.1 Å². The molecule has 0 aromatic carbocycles. The highest BCUT2D eigenvalue weighted by Gasteiger charge is 2.22. The van der Waals surface area contributed by atoms with Crippen LogP contribution in [0.3, 0.4) is 0 Å². The first-order chi connectivity index (χ1) is 9.13. The van der Waals surface area contributed by atoms with E-state index in [4.69, 9.17) is 5.84 Å². The third-order valence-electron chi connectivity index (χ3n) is 3.07. The lowest BCUT2D eigenvalue weighted by molar-refractivity contribution is -0.384. The van der Waals surface area contributed by atoms with Crippen LogP contribution in [0.2, 0.25) is 0 Å². The van der Waals surface area contributed by atoms with Crippen molar-refractivity contribution >= 4 is 29.1 Å². The number of aromatic nitrogens is 1. The normalized spacial score (nSPS) is 19.3. The molecule has 2 heterocycles. The first-order valence-electron chi connectivity index (χ1n) is 6.13. The average Bonchev–Trinajstić information content (AvgIpc) is 2.46. The zero-order chi connectivity index (χ0) is 13.8. The Bertz CT molecular complexity index is 470. The summed E-state index contributed by atoms with van der Waals surface area (Å²) in [5, 5.41) is 11.5.